The standard InChI is InChI=1S/C18H16F2N4O/c1-12-9-17(23-24(12)14-5-3-2-4-6-14)22-18(25)21-11-13-7-8-15(19)16(20)10-13/h2-10H,11H2,1H3,(H2,21,22,23,25). The van der Waals surface area contributed by atoms with Gasteiger partial charge < -0.3 is 5.32 Å². The van der Waals surface area contributed by atoms with Crippen molar-refractivity contribution in [1.82, 2.24) is 15.1 Å². The number of hydrogen-bond acceptors (Lipinski definition) is 2. The predicted molar refractivity (Wildman–Crippen MR) is 90.5 cm³/mol. The molecule has 1 heterocycles. The number of carbonyl (C=O) groups excluding carboxylic acids is 1. The quantitative estimate of drug-likeness (QED) is 0.758. The molecule has 0 saturated heterocycles. The largest absolute Gasteiger partial charge is 0.334 e. The van der Waals surface area contributed by atoms with Crippen LogP contribution < -0.4 is 10.6 Å². The predicted octanol–water partition coefficient (Wildman–Crippen LogP) is 3.78. The van der Waals surface area contributed by atoms with Crippen LogP contribution in [-0.2, 0) is 6.54 Å². The first-order chi connectivity index (χ1) is 12.0. The average molecular weight is 342 g/mol. The lowest BCUT2D eigenvalue weighted by Gasteiger charge is -2.06. The third-order valence-corrected chi connectivity index (χ3v) is 3.57. The Morgan fingerprint density at radius 3 is 2.56 bits per heavy atom. The van der Waals surface area contributed by atoms with E-state index < -0.39 is 17.7 Å². The third kappa shape index (κ3) is 4.00. The summed E-state index contributed by atoms with van der Waals surface area (Å²) in [6.45, 7) is 1.95. The van der Waals surface area contributed by atoms with Gasteiger partial charge in [-0.2, -0.15) is 0 Å². The van der Waals surface area contributed by atoms with Gasteiger partial charge in [0.15, 0.2) is 17.5 Å². The smallest absolute Gasteiger partial charge is 0.320 e. The molecule has 2 N–H and O–H groups in total. The van der Waals surface area contributed by atoms with Crippen LogP contribution in [0.3, 0.4) is 0 Å². The second-order valence-electron chi connectivity index (χ2n) is 5.47. The minimum atomic E-state index is -0.947. The molecule has 0 bridgehead atoms. The zero-order valence-corrected chi connectivity index (χ0v) is 13.5. The van der Waals surface area contributed by atoms with Gasteiger partial charge in [-0.25, -0.2) is 18.3 Å². The van der Waals surface area contributed by atoms with E-state index in [2.05, 4.69) is 15.7 Å². The number of aryl methyl sites for hydroxylation is 1. The number of rotatable bonds is 4. The topological polar surface area (TPSA) is 59.0 Å². The highest BCUT2D eigenvalue weighted by Crippen LogP contribution is 2.14. The number of carbonyl (C=O) groups is 1. The lowest BCUT2D eigenvalue weighted by atomic mass is 10.2. The monoisotopic (exact) mass is 342 g/mol. The van der Waals surface area contributed by atoms with Gasteiger partial charge in [0.25, 0.3) is 0 Å². The van der Waals surface area contributed by atoms with Gasteiger partial charge in [0.05, 0.1) is 5.69 Å². The molecule has 5 nitrogen and oxygen atoms in total. The molecule has 2 aromatic carbocycles. The van der Waals surface area contributed by atoms with Crippen molar-refractivity contribution >= 4 is 11.8 Å². The van der Waals surface area contributed by atoms with Crippen LogP contribution in [0.1, 0.15) is 11.3 Å². The van der Waals surface area contributed by atoms with Crippen molar-refractivity contribution < 1.29 is 13.6 Å². The van der Waals surface area contributed by atoms with Gasteiger partial charge >= 0.3 is 6.03 Å². The van der Waals surface area contributed by atoms with Crippen molar-refractivity contribution in [2.45, 2.75) is 13.5 Å². The van der Waals surface area contributed by atoms with E-state index in [1.807, 2.05) is 37.3 Å². The lowest BCUT2D eigenvalue weighted by Crippen LogP contribution is -2.28. The van der Waals surface area contributed by atoms with Crippen LogP contribution in [0.2, 0.25) is 0 Å². The Bertz CT molecular complexity index is 893. The zero-order valence-electron chi connectivity index (χ0n) is 13.5. The summed E-state index contributed by atoms with van der Waals surface area (Å²) in [6, 6.07) is 14.3. The van der Waals surface area contributed by atoms with E-state index in [9.17, 15) is 13.6 Å². The molecule has 1 aromatic heterocycles. The maximum absolute atomic E-state index is 13.1. The normalized spacial score (nSPS) is 10.5. The number of halogens is 2. The minimum absolute atomic E-state index is 0.0708. The molecule has 7 heteroatoms. The van der Waals surface area contributed by atoms with Gasteiger partial charge in [0, 0.05) is 18.3 Å². The Labute approximate surface area is 143 Å². The Morgan fingerprint density at radius 2 is 1.84 bits per heavy atom. The number of urea groups is 1. The second kappa shape index (κ2) is 7.12. The van der Waals surface area contributed by atoms with Gasteiger partial charge in [-0.3, -0.25) is 5.32 Å². The average Bonchev–Trinajstić information content (AvgIpc) is 2.97. The zero-order chi connectivity index (χ0) is 17.8. The SMILES string of the molecule is Cc1cc(NC(=O)NCc2ccc(F)c(F)c2)nn1-c1ccccc1. The number of aromatic nitrogens is 2. The maximum atomic E-state index is 13.1. The highest BCUT2D eigenvalue weighted by atomic mass is 19.2. The van der Waals surface area contributed by atoms with Crippen molar-refractivity contribution in [3.8, 4) is 5.69 Å². The fraction of sp³-hybridized carbons (Fsp3) is 0.111. The fourth-order valence-electron chi connectivity index (χ4n) is 2.36. The molecule has 0 saturated carbocycles. The van der Waals surface area contributed by atoms with E-state index in [1.54, 1.807) is 10.7 Å². The van der Waals surface area contributed by atoms with Crippen LogP contribution in [0, 0.1) is 18.6 Å². The molecule has 0 radical (unpaired) electrons. The molecule has 3 aromatic rings. The fourth-order valence-corrected chi connectivity index (χ4v) is 2.36. The summed E-state index contributed by atoms with van der Waals surface area (Å²) in [4.78, 5) is 12.0. The molecule has 0 atom stereocenters. The van der Waals surface area contributed by atoms with Gasteiger partial charge in [-0.05, 0) is 36.8 Å². The number of nitrogens with one attached hydrogen (secondary N) is 2. The van der Waals surface area contributed by atoms with Gasteiger partial charge in [-0.15, -0.1) is 5.10 Å². The Hall–Kier alpha value is -3.22. The summed E-state index contributed by atoms with van der Waals surface area (Å²) in [5.74, 6) is -1.48. The van der Waals surface area contributed by atoms with E-state index in [0.29, 0.717) is 11.4 Å². The number of amides is 2. The van der Waals surface area contributed by atoms with Crippen LogP contribution in [-0.4, -0.2) is 15.8 Å². The summed E-state index contributed by atoms with van der Waals surface area (Å²) in [6.07, 6.45) is 0. The van der Waals surface area contributed by atoms with Crippen LogP contribution in [0.25, 0.3) is 5.69 Å². The molecule has 2 amide bonds. The Morgan fingerprint density at radius 1 is 1.08 bits per heavy atom. The number of anilines is 1. The summed E-state index contributed by atoms with van der Waals surface area (Å²) in [5.41, 5.74) is 2.21. The van der Waals surface area contributed by atoms with E-state index >= 15 is 0 Å². The molecule has 0 fully saturated rings. The van der Waals surface area contributed by atoms with Crippen molar-refractivity contribution in [3.63, 3.8) is 0 Å². The number of hydrogen-bond donors (Lipinski definition) is 2. The van der Waals surface area contributed by atoms with E-state index in [4.69, 9.17) is 0 Å². The Kier molecular flexibility index (Phi) is 4.74. The van der Waals surface area contributed by atoms with Gasteiger partial charge in [-0.1, -0.05) is 24.3 Å². The van der Waals surface area contributed by atoms with Crippen molar-refractivity contribution in [2.24, 2.45) is 0 Å². The van der Waals surface area contributed by atoms with Crippen LogP contribution in [0.5, 0.6) is 0 Å². The van der Waals surface area contributed by atoms with E-state index in [-0.39, 0.29) is 6.54 Å². The van der Waals surface area contributed by atoms with Crippen molar-refractivity contribution in [2.75, 3.05) is 5.32 Å². The molecule has 25 heavy (non-hydrogen) atoms. The van der Waals surface area contributed by atoms with Crippen molar-refractivity contribution in [1.29, 1.82) is 0 Å². The second-order valence-corrected chi connectivity index (χ2v) is 5.47. The first-order valence-electron chi connectivity index (χ1n) is 7.64. The summed E-state index contributed by atoms with van der Waals surface area (Å²) in [5, 5.41) is 9.53. The first kappa shape index (κ1) is 16.6. The Balaban J connectivity index is 1.62. The van der Waals surface area contributed by atoms with E-state index in [0.717, 1.165) is 23.5 Å². The molecule has 0 aliphatic heterocycles. The third-order valence-electron chi connectivity index (χ3n) is 3.57. The lowest BCUT2D eigenvalue weighted by molar-refractivity contribution is 0.251. The molecule has 128 valence electrons. The van der Waals surface area contributed by atoms with Crippen LogP contribution >= 0.6 is 0 Å². The molecule has 3 rings (SSSR count). The van der Waals surface area contributed by atoms with Gasteiger partial charge in [0.1, 0.15) is 0 Å². The van der Waals surface area contributed by atoms with Gasteiger partial charge in [0.2, 0.25) is 0 Å². The highest BCUT2D eigenvalue weighted by Gasteiger charge is 2.09. The molecular formula is C18H16F2N4O. The summed E-state index contributed by atoms with van der Waals surface area (Å²) in [7, 11) is 0. The summed E-state index contributed by atoms with van der Waals surface area (Å²) >= 11 is 0. The number of benzene rings is 2. The molecule has 0 aliphatic carbocycles. The summed E-state index contributed by atoms with van der Waals surface area (Å²) < 4.78 is 27.7. The number of nitrogens with zero attached hydrogens (tertiary/aromatic N) is 2. The number of para-hydroxylation sites is 1. The molecule has 0 aliphatic rings. The van der Waals surface area contributed by atoms with Crippen LogP contribution in [0.15, 0.2) is 54.6 Å². The maximum Gasteiger partial charge on any atom is 0.320 e. The van der Waals surface area contributed by atoms with E-state index in [1.165, 1.54) is 6.07 Å². The molecule has 0 unspecified atom stereocenters. The minimum Gasteiger partial charge on any atom is -0.334 e. The van der Waals surface area contributed by atoms with Crippen molar-refractivity contribution in [3.05, 3.63) is 77.5 Å². The molecular weight excluding hydrogens is 326 g/mol. The highest BCUT2D eigenvalue weighted by molar-refractivity contribution is 5.88. The first-order valence-corrected chi connectivity index (χ1v) is 7.64. The molecule has 0 spiro atoms. The van der Waals surface area contributed by atoms with Crippen LogP contribution in [0.4, 0.5) is 19.4 Å².